The van der Waals surface area contributed by atoms with Crippen molar-refractivity contribution in [3.63, 3.8) is 0 Å². The number of benzene rings is 1. The predicted octanol–water partition coefficient (Wildman–Crippen LogP) is 2.32. The molecule has 0 aliphatic heterocycles. The highest BCUT2D eigenvalue weighted by atomic mass is 79.9. The Kier molecular flexibility index (Phi) is 2.32. The van der Waals surface area contributed by atoms with Crippen LogP contribution in [0, 0.1) is 5.82 Å². The highest BCUT2D eigenvalue weighted by Crippen LogP contribution is 2.28. The molecule has 1 aromatic carbocycles. The van der Waals surface area contributed by atoms with E-state index in [1.54, 1.807) is 0 Å². The molecule has 0 unspecified atom stereocenters. The molecule has 1 aromatic heterocycles. The first-order valence-corrected chi connectivity index (χ1v) is 6.06. The van der Waals surface area contributed by atoms with Crippen molar-refractivity contribution in [3.8, 4) is 0 Å². The Hall–Kier alpha value is -0.920. The summed E-state index contributed by atoms with van der Waals surface area (Å²) in [6.45, 7) is 0. The van der Waals surface area contributed by atoms with Crippen LogP contribution in [0.25, 0.3) is 10.9 Å². The largest absolute Gasteiger partial charge is 0.360 e. The van der Waals surface area contributed by atoms with Gasteiger partial charge in [-0.05, 0) is 12.1 Å². The van der Waals surface area contributed by atoms with Gasteiger partial charge >= 0.3 is 0 Å². The number of halogens is 2. The summed E-state index contributed by atoms with van der Waals surface area (Å²) >= 11 is 3.07. The summed E-state index contributed by atoms with van der Waals surface area (Å²) in [5, 5.41) is -0.138. The third-order valence-corrected chi connectivity index (χ3v) is 3.27. The average Bonchev–Trinajstić information content (AvgIpc) is 2.45. The summed E-state index contributed by atoms with van der Waals surface area (Å²) in [7, 11) is -4.41. The molecule has 0 atom stereocenters. The van der Waals surface area contributed by atoms with Crippen LogP contribution in [0.2, 0.25) is 0 Å². The lowest BCUT2D eigenvalue weighted by atomic mass is 10.2. The van der Waals surface area contributed by atoms with Crippen LogP contribution < -0.4 is 0 Å². The van der Waals surface area contributed by atoms with Crippen LogP contribution in [0.1, 0.15) is 0 Å². The fourth-order valence-electron chi connectivity index (χ4n) is 1.36. The van der Waals surface area contributed by atoms with E-state index in [0.29, 0.717) is 9.99 Å². The van der Waals surface area contributed by atoms with Crippen LogP contribution in [-0.4, -0.2) is 18.0 Å². The maximum atomic E-state index is 13.4. The predicted molar refractivity (Wildman–Crippen MR) is 55.8 cm³/mol. The third-order valence-electron chi connectivity index (χ3n) is 1.94. The van der Waals surface area contributed by atoms with E-state index in [0.717, 1.165) is 12.3 Å². The van der Waals surface area contributed by atoms with Crippen molar-refractivity contribution >= 4 is 37.0 Å². The molecule has 0 aliphatic rings. The molecule has 4 nitrogen and oxygen atoms in total. The van der Waals surface area contributed by atoms with Gasteiger partial charge in [-0.1, -0.05) is 15.9 Å². The van der Waals surface area contributed by atoms with Gasteiger partial charge in [-0.15, -0.1) is 0 Å². The molecule has 2 N–H and O–H groups in total. The maximum absolute atomic E-state index is 13.4. The Balaban J connectivity index is 2.93. The van der Waals surface area contributed by atoms with Crippen molar-refractivity contribution in [2.24, 2.45) is 0 Å². The molecule has 15 heavy (non-hydrogen) atoms. The molecule has 0 amide bonds. The van der Waals surface area contributed by atoms with Crippen LogP contribution >= 0.6 is 15.9 Å². The fraction of sp³-hybridized carbons (Fsp3) is 0. The number of aromatic nitrogens is 1. The Bertz CT molecular complexity index is 635. The lowest BCUT2D eigenvalue weighted by Gasteiger charge is -1.97. The average molecular weight is 294 g/mol. The van der Waals surface area contributed by atoms with Gasteiger partial charge in [0.15, 0.2) is 0 Å². The lowest BCUT2D eigenvalue weighted by Crippen LogP contribution is -1.97. The first-order chi connectivity index (χ1) is 6.89. The van der Waals surface area contributed by atoms with Crippen LogP contribution in [0.3, 0.4) is 0 Å². The number of nitrogens with one attached hydrogen (secondary N) is 1. The van der Waals surface area contributed by atoms with E-state index < -0.39 is 20.8 Å². The molecule has 80 valence electrons. The van der Waals surface area contributed by atoms with Gasteiger partial charge < -0.3 is 4.98 Å². The van der Waals surface area contributed by atoms with Gasteiger partial charge in [-0.2, -0.15) is 8.42 Å². The van der Waals surface area contributed by atoms with Gasteiger partial charge in [-0.25, -0.2) is 4.39 Å². The van der Waals surface area contributed by atoms with Gasteiger partial charge in [0.2, 0.25) is 0 Å². The van der Waals surface area contributed by atoms with Crippen molar-refractivity contribution in [2.75, 3.05) is 0 Å². The molecule has 0 aliphatic carbocycles. The molecule has 0 saturated carbocycles. The maximum Gasteiger partial charge on any atom is 0.296 e. The highest BCUT2D eigenvalue weighted by molar-refractivity contribution is 9.10. The topological polar surface area (TPSA) is 70.2 Å². The quantitative estimate of drug-likeness (QED) is 0.793. The van der Waals surface area contributed by atoms with Crippen LogP contribution in [-0.2, 0) is 10.1 Å². The second-order valence-corrected chi connectivity index (χ2v) is 5.24. The van der Waals surface area contributed by atoms with Crippen LogP contribution in [0.4, 0.5) is 4.39 Å². The minimum absolute atomic E-state index is 0.138. The number of hydrogen-bond acceptors (Lipinski definition) is 2. The summed E-state index contributed by atoms with van der Waals surface area (Å²) in [6.07, 6.45) is 1.05. The molecule has 1 heterocycles. The van der Waals surface area contributed by atoms with Gasteiger partial charge in [-0.3, -0.25) is 4.55 Å². The summed E-state index contributed by atoms with van der Waals surface area (Å²) in [6, 6.07) is 2.65. The van der Waals surface area contributed by atoms with Gasteiger partial charge in [0.25, 0.3) is 10.1 Å². The zero-order valence-corrected chi connectivity index (χ0v) is 9.56. The second kappa shape index (κ2) is 3.29. The first kappa shape index (κ1) is 10.6. The Labute approximate surface area is 93.0 Å². The Morgan fingerprint density at radius 3 is 2.67 bits per heavy atom. The van der Waals surface area contributed by atoms with Crippen LogP contribution in [0.5, 0.6) is 0 Å². The highest BCUT2D eigenvalue weighted by Gasteiger charge is 2.19. The standard InChI is InChI=1S/C8H5BrFNO3S/c9-4-1-5(10)8-6(2-4)11-3-7(8)15(12,13)14/h1-3,11H,(H,12,13,14). The van der Waals surface area contributed by atoms with Crippen molar-refractivity contribution in [1.29, 1.82) is 0 Å². The molecule has 7 heteroatoms. The summed E-state index contributed by atoms with van der Waals surface area (Å²) in [4.78, 5) is 2.11. The summed E-state index contributed by atoms with van der Waals surface area (Å²) in [5.74, 6) is -0.715. The summed E-state index contributed by atoms with van der Waals surface area (Å²) < 4.78 is 44.6. The van der Waals surface area contributed by atoms with E-state index in [9.17, 15) is 12.8 Å². The number of aromatic amines is 1. The second-order valence-electron chi connectivity index (χ2n) is 2.94. The van der Waals surface area contributed by atoms with Crippen molar-refractivity contribution in [1.82, 2.24) is 4.98 Å². The van der Waals surface area contributed by atoms with Crippen LogP contribution in [0.15, 0.2) is 27.7 Å². The van der Waals surface area contributed by atoms with Crippen molar-refractivity contribution in [2.45, 2.75) is 4.90 Å². The molecule has 2 aromatic rings. The molecule has 0 radical (unpaired) electrons. The van der Waals surface area contributed by atoms with Crippen molar-refractivity contribution < 1.29 is 17.4 Å². The number of rotatable bonds is 1. The van der Waals surface area contributed by atoms with Crippen molar-refractivity contribution in [3.05, 3.63) is 28.6 Å². The van der Waals surface area contributed by atoms with E-state index in [1.807, 2.05) is 0 Å². The third kappa shape index (κ3) is 1.77. The molecular formula is C8H5BrFNO3S. The zero-order chi connectivity index (χ0) is 11.2. The normalized spacial score (nSPS) is 12.2. The van der Waals surface area contributed by atoms with E-state index in [4.69, 9.17) is 4.55 Å². The molecule has 0 saturated heterocycles. The minimum atomic E-state index is -4.41. The molecule has 2 rings (SSSR count). The van der Waals surface area contributed by atoms with Gasteiger partial charge in [0.05, 0.1) is 10.9 Å². The smallest absolute Gasteiger partial charge is 0.296 e. The SMILES string of the molecule is O=S(=O)(O)c1c[nH]c2cc(Br)cc(F)c12. The van der Waals surface area contributed by atoms with E-state index in [2.05, 4.69) is 20.9 Å². The minimum Gasteiger partial charge on any atom is -0.360 e. The molecular weight excluding hydrogens is 289 g/mol. The Morgan fingerprint density at radius 2 is 2.07 bits per heavy atom. The number of fused-ring (bicyclic) bond motifs is 1. The Morgan fingerprint density at radius 1 is 1.40 bits per heavy atom. The van der Waals surface area contributed by atoms with Gasteiger partial charge in [0.1, 0.15) is 10.7 Å². The van der Waals surface area contributed by atoms with E-state index >= 15 is 0 Å². The van der Waals surface area contributed by atoms with E-state index in [1.165, 1.54) is 6.07 Å². The van der Waals surface area contributed by atoms with E-state index in [-0.39, 0.29) is 5.39 Å². The number of hydrogen-bond donors (Lipinski definition) is 2. The van der Waals surface area contributed by atoms with Gasteiger partial charge in [0, 0.05) is 10.7 Å². The number of H-pyrrole nitrogens is 1. The zero-order valence-electron chi connectivity index (χ0n) is 7.16. The monoisotopic (exact) mass is 293 g/mol. The fourth-order valence-corrected chi connectivity index (χ4v) is 2.46. The molecule has 0 spiro atoms. The lowest BCUT2D eigenvalue weighted by molar-refractivity contribution is 0.483. The summed E-state index contributed by atoms with van der Waals surface area (Å²) in [5.41, 5.74) is 0.300. The molecule has 0 bridgehead atoms. The molecule has 0 fully saturated rings. The first-order valence-electron chi connectivity index (χ1n) is 3.83.